The Hall–Kier alpha value is -2.24. The lowest BCUT2D eigenvalue weighted by molar-refractivity contribution is -0.385. The molecule has 1 aromatic rings. The van der Waals surface area contributed by atoms with Gasteiger partial charge in [0.05, 0.1) is 11.3 Å². The summed E-state index contributed by atoms with van der Waals surface area (Å²) in [6.07, 6.45) is 4.09. The highest BCUT2D eigenvalue weighted by Crippen LogP contribution is 2.33. The monoisotopic (exact) mass is 335 g/mol. The lowest BCUT2D eigenvalue weighted by Gasteiger charge is -2.18. The van der Waals surface area contributed by atoms with E-state index in [4.69, 9.17) is 4.74 Å². The zero-order chi connectivity index (χ0) is 17.9. The van der Waals surface area contributed by atoms with Crippen LogP contribution in [0.25, 0.3) is 0 Å². The molecule has 0 heterocycles. The van der Waals surface area contributed by atoms with Gasteiger partial charge in [-0.25, -0.2) is 0 Å². The number of ether oxygens (including phenoxy) is 1. The number of hydrogen-bond acceptors (Lipinski definition) is 5. The van der Waals surface area contributed by atoms with Crippen molar-refractivity contribution in [1.82, 2.24) is 0 Å². The molecule has 6 heteroatoms. The van der Waals surface area contributed by atoms with Crippen molar-refractivity contribution in [3.63, 3.8) is 0 Å². The van der Waals surface area contributed by atoms with Crippen LogP contribution in [0, 0.1) is 10.1 Å². The Morgan fingerprint density at radius 3 is 2.67 bits per heavy atom. The fourth-order valence-electron chi connectivity index (χ4n) is 2.66. The molecule has 0 aromatic heterocycles. The van der Waals surface area contributed by atoms with Crippen LogP contribution >= 0.6 is 0 Å². The van der Waals surface area contributed by atoms with E-state index >= 15 is 0 Å². The van der Waals surface area contributed by atoms with Crippen LogP contribution in [-0.2, 0) is 14.3 Å². The lowest BCUT2D eigenvalue weighted by atomic mass is 9.89. The molecule has 1 rings (SSSR count). The van der Waals surface area contributed by atoms with E-state index in [1.54, 1.807) is 25.1 Å². The fourth-order valence-corrected chi connectivity index (χ4v) is 2.66. The minimum Gasteiger partial charge on any atom is -0.462 e. The highest BCUT2D eigenvalue weighted by molar-refractivity contribution is 5.71. The lowest BCUT2D eigenvalue weighted by Crippen LogP contribution is -2.18. The Bertz CT molecular complexity index is 558. The maximum Gasteiger partial charge on any atom is 0.306 e. The summed E-state index contributed by atoms with van der Waals surface area (Å²) in [6.45, 7) is 3.73. The standard InChI is InChI=1S/C18H25NO5/c1-3-4-5-8-15(13-18(21)24-14(2)11-12-20)16-9-6-7-10-17(16)19(22)23/h6-7,9-10,12,14-15H,3-5,8,11,13H2,1-2H3. The predicted octanol–water partition coefficient (Wildman–Crippen LogP) is 4.17. The average Bonchev–Trinajstić information content (AvgIpc) is 2.54. The van der Waals surface area contributed by atoms with Gasteiger partial charge in [-0.2, -0.15) is 0 Å². The molecule has 0 fully saturated rings. The first-order valence-electron chi connectivity index (χ1n) is 8.36. The zero-order valence-corrected chi connectivity index (χ0v) is 14.3. The molecule has 6 nitrogen and oxygen atoms in total. The van der Waals surface area contributed by atoms with Gasteiger partial charge in [0.2, 0.25) is 0 Å². The third-order valence-corrected chi connectivity index (χ3v) is 3.90. The van der Waals surface area contributed by atoms with E-state index < -0.39 is 17.0 Å². The molecular formula is C18H25NO5. The molecule has 1 aromatic carbocycles. The van der Waals surface area contributed by atoms with Crippen LogP contribution in [0.1, 0.15) is 63.9 Å². The van der Waals surface area contributed by atoms with Crippen molar-refractivity contribution in [1.29, 1.82) is 0 Å². The molecule has 132 valence electrons. The van der Waals surface area contributed by atoms with Gasteiger partial charge in [-0.15, -0.1) is 0 Å². The Morgan fingerprint density at radius 1 is 1.33 bits per heavy atom. The predicted molar refractivity (Wildman–Crippen MR) is 90.8 cm³/mol. The maximum atomic E-state index is 12.1. The molecule has 0 aliphatic rings. The molecule has 0 amide bonds. The van der Waals surface area contributed by atoms with Crippen LogP contribution in [0.2, 0.25) is 0 Å². The molecule has 0 saturated carbocycles. The van der Waals surface area contributed by atoms with Crippen molar-refractivity contribution in [2.75, 3.05) is 0 Å². The Morgan fingerprint density at radius 2 is 2.04 bits per heavy atom. The third-order valence-electron chi connectivity index (χ3n) is 3.90. The molecular weight excluding hydrogens is 310 g/mol. The van der Waals surface area contributed by atoms with Crippen LogP contribution in [0.15, 0.2) is 24.3 Å². The van der Waals surface area contributed by atoms with E-state index in [1.165, 1.54) is 6.07 Å². The van der Waals surface area contributed by atoms with Gasteiger partial charge in [0.15, 0.2) is 0 Å². The quantitative estimate of drug-likeness (QED) is 0.199. The molecule has 0 N–H and O–H groups in total. The number of nitro benzene ring substituents is 1. The number of aldehydes is 1. The normalized spacial score (nSPS) is 13.1. The number of esters is 1. The van der Waals surface area contributed by atoms with Crippen LogP contribution in [0.4, 0.5) is 5.69 Å². The van der Waals surface area contributed by atoms with Gasteiger partial charge in [-0.1, -0.05) is 44.4 Å². The van der Waals surface area contributed by atoms with Gasteiger partial charge in [0.25, 0.3) is 5.69 Å². The first-order valence-corrected chi connectivity index (χ1v) is 8.36. The highest BCUT2D eigenvalue weighted by atomic mass is 16.6. The van der Waals surface area contributed by atoms with Gasteiger partial charge in [0.1, 0.15) is 12.4 Å². The van der Waals surface area contributed by atoms with Gasteiger partial charge in [-0.3, -0.25) is 14.9 Å². The molecule has 0 radical (unpaired) electrons. The van der Waals surface area contributed by atoms with Gasteiger partial charge in [-0.05, 0) is 13.3 Å². The number of para-hydroxylation sites is 1. The van der Waals surface area contributed by atoms with Gasteiger partial charge >= 0.3 is 5.97 Å². The third kappa shape index (κ3) is 6.48. The summed E-state index contributed by atoms with van der Waals surface area (Å²) in [5, 5.41) is 11.3. The molecule has 0 spiro atoms. The second kappa shape index (κ2) is 10.5. The second-order valence-corrected chi connectivity index (χ2v) is 5.92. The van der Waals surface area contributed by atoms with Crippen molar-refractivity contribution in [2.24, 2.45) is 0 Å². The first kappa shape index (κ1) is 19.8. The highest BCUT2D eigenvalue weighted by Gasteiger charge is 2.25. The molecule has 2 unspecified atom stereocenters. The summed E-state index contributed by atoms with van der Waals surface area (Å²) in [6, 6.07) is 6.53. The van der Waals surface area contributed by atoms with E-state index in [9.17, 15) is 19.7 Å². The first-order chi connectivity index (χ1) is 11.5. The Labute approximate surface area is 142 Å². The maximum absolute atomic E-state index is 12.1. The molecule has 2 atom stereocenters. The van der Waals surface area contributed by atoms with Gasteiger partial charge in [0, 0.05) is 24.0 Å². The summed E-state index contributed by atoms with van der Waals surface area (Å²) < 4.78 is 5.21. The van der Waals surface area contributed by atoms with Crippen LogP contribution < -0.4 is 0 Å². The second-order valence-electron chi connectivity index (χ2n) is 5.92. The smallest absolute Gasteiger partial charge is 0.306 e. The summed E-state index contributed by atoms with van der Waals surface area (Å²) >= 11 is 0. The Kier molecular flexibility index (Phi) is 8.68. The van der Waals surface area contributed by atoms with E-state index in [2.05, 4.69) is 6.92 Å². The number of hydrogen-bond donors (Lipinski definition) is 0. The number of carbonyl (C=O) groups excluding carboxylic acids is 2. The SMILES string of the molecule is CCCCCC(CC(=O)OC(C)CC=O)c1ccccc1[N+](=O)[O-]. The fraction of sp³-hybridized carbons (Fsp3) is 0.556. The number of nitrogens with zero attached hydrogens (tertiary/aromatic N) is 1. The van der Waals surface area contributed by atoms with Crippen molar-refractivity contribution in [2.45, 2.75) is 64.4 Å². The van der Waals surface area contributed by atoms with Crippen molar-refractivity contribution < 1.29 is 19.2 Å². The van der Waals surface area contributed by atoms with Crippen LogP contribution in [-0.4, -0.2) is 23.3 Å². The number of unbranched alkanes of at least 4 members (excludes halogenated alkanes) is 2. The van der Waals surface area contributed by atoms with E-state index in [0.717, 1.165) is 19.3 Å². The Balaban J connectivity index is 2.90. The minimum absolute atomic E-state index is 0.0349. The number of benzene rings is 1. The summed E-state index contributed by atoms with van der Waals surface area (Å²) in [5.41, 5.74) is 0.603. The zero-order valence-electron chi connectivity index (χ0n) is 14.3. The molecule has 0 bridgehead atoms. The summed E-state index contributed by atoms with van der Waals surface area (Å²) in [7, 11) is 0. The van der Waals surface area contributed by atoms with Crippen LogP contribution in [0.3, 0.4) is 0 Å². The van der Waals surface area contributed by atoms with Crippen molar-refractivity contribution in [3.05, 3.63) is 39.9 Å². The summed E-state index contributed by atoms with van der Waals surface area (Å²) in [4.78, 5) is 33.4. The molecule has 24 heavy (non-hydrogen) atoms. The summed E-state index contributed by atoms with van der Waals surface area (Å²) in [5.74, 6) is -0.682. The van der Waals surface area contributed by atoms with Gasteiger partial charge < -0.3 is 9.53 Å². The molecule has 0 aliphatic heterocycles. The van der Waals surface area contributed by atoms with E-state index in [-0.39, 0.29) is 24.4 Å². The van der Waals surface area contributed by atoms with Crippen molar-refractivity contribution >= 4 is 17.9 Å². The molecule has 0 saturated heterocycles. The molecule has 0 aliphatic carbocycles. The van der Waals surface area contributed by atoms with E-state index in [0.29, 0.717) is 18.3 Å². The largest absolute Gasteiger partial charge is 0.462 e. The number of carbonyl (C=O) groups is 2. The minimum atomic E-state index is -0.475. The average molecular weight is 335 g/mol. The van der Waals surface area contributed by atoms with Crippen LogP contribution in [0.5, 0.6) is 0 Å². The topological polar surface area (TPSA) is 86.5 Å². The van der Waals surface area contributed by atoms with E-state index in [1.807, 2.05) is 0 Å². The number of rotatable bonds is 11. The van der Waals surface area contributed by atoms with Crippen molar-refractivity contribution in [3.8, 4) is 0 Å². The number of nitro groups is 1.